The van der Waals surface area contributed by atoms with Gasteiger partial charge in [-0.25, -0.2) is 4.79 Å². The number of carbonyl (C=O) groups excluding carboxylic acids is 1. The summed E-state index contributed by atoms with van der Waals surface area (Å²) >= 11 is 0. The van der Waals surface area contributed by atoms with Gasteiger partial charge in [-0.15, -0.1) is 0 Å². The van der Waals surface area contributed by atoms with Gasteiger partial charge in [0.15, 0.2) is 6.61 Å². The normalized spacial score (nSPS) is 10.6. The first-order valence-electron chi connectivity index (χ1n) is 6.65. The van der Waals surface area contributed by atoms with Crippen LogP contribution in [0.4, 0.5) is 0 Å². The number of rotatable bonds is 6. The molecule has 2 aromatic rings. The van der Waals surface area contributed by atoms with Crippen molar-refractivity contribution in [3.05, 3.63) is 40.8 Å². The Morgan fingerprint density at radius 2 is 2.10 bits per heavy atom. The van der Waals surface area contributed by atoms with E-state index in [0.29, 0.717) is 17.9 Å². The molecule has 1 N–H and O–H groups in total. The van der Waals surface area contributed by atoms with E-state index in [9.17, 15) is 9.59 Å². The number of nitrogens with zero attached hydrogens (tertiary/aromatic N) is 1. The van der Waals surface area contributed by atoms with Crippen molar-refractivity contribution in [2.24, 2.45) is 0 Å². The molecule has 112 valence electrons. The molecule has 1 amide bonds. The first-order valence-corrected chi connectivity index (χ1v) is 6.65. The number of benzene rings is 1. The first kappa shape index (κ1) is 15.1. The molecule has 1 aromatic carbocycles. The standard InChI is InChI=1S/C15H18N2O4/c1-16-7-8-17(2)14(18)10-20-12-5-3-11-4-6-15(19)21-13(11)9-12/h3-6,9,16H,7-8,10H2,1-2H3. The van der Waals surface area contributed by atoms with E-state index in [4.69, 9.17) is 9.15 Å². The van der Waals surface area contributed by atoms with Gasteiger partial charge in [0.1, 0.15) is 11.3 Å². The van der Waals surface area contributed by atoms with Crippen LogP contribution in [0.1, 0.15) is 0 Å². The summed E-state index contributed by atoms with van der Waals surface area (Å²) in [6.07, 6.45) is 0. The summed E-state index contributed by atoms with van der Waals surface area (Å²) in [5.74, 6) is 0.382. The van der Waals surface area contributed by atoms with Gasteiger partial charge in [-0.05, 0) is 25.2 Å². The zero-order chi connectivity index (χ0) is 15.2. The molecular weight excluding hydrogens is 272 g/mol. The van der Waals surface area contributed by atoms with E-state index in [1.807, 2.05) is 7.05 Å². The van der Waals surface area contributed by atoms with Crippen LogP contribution < -0.4 is 15.7 Å². The lowest BCUT2D eigenvalue weighted by Gasteiger charge is -2.17. The molecule has 0 atom stereocenters. The van der Waals surface area contributed by atoms with Crippen LogP contribution in [0.2, 0.25) is 0 Å². The predicted molar refractivity (Wildman–Crippen MR) is 79.5 cm³/mol. The van der Waals surface area contributed by atoms with Gasteiger partial charge in [0, 0.05) is 37.7 Å². The number of hydrogen-bond acceptors (Lipinski definition) is 5. The quantitative estimate of drug-likeness (QED) is 0.799. The number of nitrogens with one attached hydrogen (secondary N) is 1. The molecule has 0 saturated heterocycles. The maximum Gasteiger partial charge on any atom is 0.336 e. The number of amides is 1. The van der Waals surface area contributed by atoms with Crippen molar-refractivity contribution in [3.63, 3.8) is 0 Å². The van der Waals surface area contributed by atoms with Gasteiger partial charge in [0.25, 0.3) is 5.91 Å². The van der Waals surface area contributed by atoms with Crippen LogP contribution in [-0.2, 0) is 4.79 Å². The second kappa shape index (κ2) is 6.90. The van der Waals surface area contributed by atoms with Gasteiger partial charge in [0.05, 0.1) is 0 Å². The highest BCUT2D eigenvalue weighted by Crippen LogP contribution is 2.19. The summed E-state index contributed by atoms with van der Waals surface area (Å²) in [5.41, 5.74) is 0.0264. The van der Waals surface area contributed by atoms with E-state index in [1.165, 1.54) is 6.07 Å². The zero-order valence-electron chi connectivity index (χ0n) is 12.1. The van der Waals surface area contributed by atoms with Gasteiger partial charge < -0.3 is 19.4 Å². The highest BCUT2D eigenvalue weighted by Gasteiger charge is 2.09. The van der Waals surface area contributed by atoms with Gasteiger partial charge in [-0.3, -0.25) is 4.79 Å². The lowest BCUT2D eigenvalue weighted by atomic mass is 10.2. The molecule has 0 fully saturated rings. The van der Waals surface area contributed by atoms with Crippen LogP contribution in [0.15, 0.2) is 39.5 Å². The molecule has 6 nitrogen and oxygen atoms in total. The van der Waals surface area contributed by atoms with Crippen LogP contribution in [0.3, 0.4) is 0 Å². The number of fused-ring (bicyclic) bond motifs is 1. The molecule has 0 radical (unpaired) electrons. The molecule has 0 saturated carbocycles. The van der Waals surface area contributed by atoms with E-state index in [2.05, 4.69) is 5.32 Å². The average Bonchev–Trinajstić information content (AvgIpc) is 2.49. The second-order valence-corrected chi connectivity index (χ2v) is 4.66. The zero-order valence-corrected chi connectivity index (χ0v) is 12.1. The number of hydrogen-bond donors (Lipinski definition) is 1. The van der Waals surface area contributed by atoms with Crippen LogP contribution >= 0.6 is 0 Å². The molecule has 6 heteroatoms. The Balaban J connectivity index is 2.00. The van der Waals surface area contributed by atoms with E-state index >= 15 is 0 Å². The maximum atomic E-state index is 11.8. The average molecular weight is 290 g/mol. The lowest BCUT2D eigenvalue weighted by Crippen LogP contribution is -2.35. The Bertz CT molecular complexity index is 681. The van der Waals surface area contributed by atoms with E-state index in [1.54, 1.807) is 36.2 Å². The minimum absolute atomic E-state index is 0.0528. The third kappa shape index (κ3) is 4.06. The molecular formula is C15H18N2O4. The first-order chi connectivity index (χ1) is 10.1. The predicted octanol–water partition coefficient (Wildman–Crippen LogP) is 0.850. The van der Waals surface area contributed by atoms with Crippen molar-refractivity contribution in [1.29, 1.82) is 0 Å². The number of likely N-dealkylation sites (N-methyl/N-ethyl adjacent to an activating group) is 2. The third-order valence-corrected chi connectivity index (χ3v) is 3.08. The highest BCUT2D eigenvalue weighted by atomic mass is 16.5. The highest BCUT2D eigenvalue weighted by molar-refractivity contribution is 5.79. The van der Waals surface area contributed by atoms with Crippen molar-refractivity contribution < 1.29 is 13.9 Å². The summed E-state index contributed by atoms with van der Waals surface area (Å²) in [4.78, 5) is 24.6. The van der Waals surface area contributed by atoms with Gasteiger partial charge in [-0.1, -0.05) is 0 Å². The van der Waals surface area contributed by atoms with Crippen LogP contribution in [0.5, 0.6) is 5.75 Å². The van der Waals surface area contributed by atoms with Crippen LogP contribution in [0, 0.1) is 0 Å². The topological polar surface area (TPSA) is 71.8 Å². The van der Waals surface area contributed by atoms with Crippen molar-refractivity contribution in [2.45, 2.75) is 0 Å². The fourth-order valence-electron chi connectivity index (χ4n) is 1.79. The molecule has 21 heavy (non-hydrogen) atoms. The summed E-state index contributed by atoms with van der Waals surface area (Å²) in [5, 5.41) is 3.78. The largest absolute Gasteiger partial charge is 0.484 e. The van der Waals surface area contributed by atoms with E-state index < -0.39 is 5.63 Å². The molecule has 1 aromatic heterocycles. The number of ether oxygens (including phenoxy) is 1. The molecule has 0 aliphatic rings. The third-order valence-electron chi connectivity index (χ3n) is 3.08. The summed E-state index contributed by atoms with van der Waals surface area (Å²) in [6.45, 7) is 1.29. The lowest BCUT2D eigenvalue weighted by molar-refractivity contribution is -0.131. The summed E-state index contributed by atoms with van der Waals surface area (Å²) in [7, 11) is 3.56. The monoisotopic (exact) mass is 290 g/mol. The second-order valence-electron chi connectivity index (χ2n) is 4.66. The van der Waals surface area contributed by atoms with Crippen LogP contribution in [0.25, 0.3) is 11.0 Å². The fraction of sp³-hybridized carbons (Fsp3) is 0.333. The summed E-state index contributed by atoms with van der Waals surface area (Å²) in [6, 6.07) is 8.17. The Morgan fingerprint density at radius 3 is 2.86 bits per heavy atom. The van der Waals surface area contributed by atoms with E-state index in [0.717, 1.165) is 11.9 Å². The molecule has 0 unspecified atom stereocenters. The minimum Gasteiger partial charge on any atom is -0.484 e. The van der Waals surface area contributed by atoms with Crippen molar-refractivity contribution in [2.75, 3.05) is 33.8 Å². The van der Waals surface area contributed by atoms with Gasteiger partial charge >= 0.3 is 5.63 Å². The molecule has 0 aliphatic heterocycles. The van der Waals surface area contributed by atoms with Crippen LogP contribution in [-0.4, -0.2) is 44.6 Å². The van der Waals surface area contributed by atoms with Crippen molar-refractivity contribution >= 4 is 16.9 Å². The SMILES string of the molecule is CNCCN(C)C(=O)COc1ccc2ccc(=O)oc2c1. The van der Waals surface area contributed by atoms with Gasteiger partial charge in [-0.2, -0.15) is 0 Å². The smallest absolute Gasteiger partial charge is 0.336 e. The maximum absolute atomic E-state index is 11.8. The van der Waals surface area contributed by atoms with Gasteiger partial charge in [0.2, 0.25) is 0 Å². The molecule has 2 rings (SSSR count). The molecule has 0 spiro atoms. The Kier molecular flexibility index (Phi) is 4.94. The molecule has 0 bridgehead atoms. The Morgan fingerprint density at radius 1 is 1.33 bits per heavy atom. The Labute approximate surface area is 122 Å². The minimum atomic E-state index is -0.414. The Hall–Kier alpha value is -2.34. The van der Waals surface area contributed by atoms with Crippen molar-refractivity contribution in [1.82, 2.24) is 10.2 Å². The van der Waals surface area contributed by atoms with E-state index in [-0.39, 0.29) is 12.5 Å². The molecule has 0 aliphatic carbocycles. The number of carbonyl (C=O) groups is 1. The summed E-state index contributed by atoms with van der Waals surface area (Å²) < 4.78 is 10.5. The fourth-order valence-corrected chi connectivity index (χ4v) is 1.79. The van der Waals surface area contributed by atoms with Crippen molar-refractivity contribution in [3.8, 4) is 5.75 Å². The molecule has 1 heterocycles.